The van der Waals surface area contributed by atoms with E-state index >= 15 is 0 Å². The van der Waals surface area contributed by atoms with Gasteiger partial charge in [-0.25, -0.2) is 8.78 Å². The fourth-order valence-corrected chi connectivity index (χ4v) is 1.38. The quantitative estimate of drug-likeness (QED) is 0.604. The zero-order chi connectivity index (χ0) is 19.0. The van der Waals surface area contributed by atoms with Gasteiger partial charge < -0.3 is 4.74 Å². The van der Waals surface area contributed by atoms with Crippen LogP contribution in [0.2, 0.25) is 0 Å². The third-order valence-corrected chi connectivity index (χ3v) is 2.70. The van der Waals surface area contributed by atoms with Crippen molar-refractivity contribution in [1.82, 2.24) is 0 Å². The van der Waals surface area contributed by atoms with Crippen LogP contribution >= 0.6 is 0 Å². The third kappa shape index (κ3) is 4.57. The molecule has 0 aromatic rings. The molecule has 0 heterocycles. The van der Waals surface area contributed by atoms with Crippen LogP contribution in [0.3, 0.4) is 0 Å². The molecule has 0 bridgehead atoms. The zero-order valence-electron chi connectivity index (χ0n) is 11.3. The SMILES string of the molecule is CC(OC(C)C(F)C(F)(F)C(F)(F)F)C(F)C(F)(F)C(F)(F)F. The smallest absolute Gasteiger partial charge is 0.369 e. The summed E-state index contributed by atoms with van der Waals surface area (Å²) in [4.78, 5) is 0. The van der Waals surface area contributed by atoms with Crippen LogP contribution in [0, 0.1) is 0 Å². The Labute approximate surface area is 121 Å². The summed E-state index contributed by atoms with van der Waals surface area (Å²) in [5.74, 6) is -11.9. The van der Waals surface area contributed by atoms with Gasteiger partial charge in [0, 0.05) is 0 Å². The Bertz CT molecular complexity index is 350. The lowest BCUT2D eigenvalue weighted by molar-refractivity contribution is -0.326. The summed E-state index contributed by atoms with van der Waals surface area (Å²) in [5, 5.41) is 0. The normalized spacial score (nSPS) is 20.1. The molecule has 1 nitrogen and oxygen atoms in total. The summed E-state index contributed by atoms with van der Waals surface area (Å²) < 4.78 is 152. The van der Waals surface area contributed by atoms with Crippen molar-refractivity contribution in [2.45, 2.75) is 62.6 Å². The molecule has 0 saturated heterocycles. The van der Waals surface area contributed by atoms with Gasteiger partial charge >= 0.3 is 24.2 Å². The van der Waals surface area contributed by atoms with Crippen molar-refractivity contribution < 1.29 is 57.4 Å². The van der Waals surface area contributed by atoms with Gasteiger partial charge in [-0.3, -0.25) is 0 Å². The maximum Gasteiger partial charge on any atom is 0.456 e. The summed E-state index contributed by atoms with van der Waals surface area (Å²) >= 11 is 0. The lowest BCUT2D eigenvalue weighted by atomic mass is 10.1. The molecule has 0 saturated carbocycles. The van der Waals surface area contributed by atoms with E-state index < -0.39 is 48.7 Å². The first-order valence-corrected chi connectivity index (χ1v) is 5.70. The summed E-state index contributed by atoms with van der Waals surface area (Å²) in [6, 6.07) is 0. The highest BCUT2D eigenvalue weighted by Crippen LogP contribution is 2.43. The standard InChI is InChI=1S/C10H10F12O/c1-3(5(11)7(13,14)9(17,18)19)23-4(2)6(12)8(15,16)10(20,21)22/h3-6H,1-2H3. The van der Waals surface area contributed by atoms with Crippen LogP contribution in [-0.4, -0.2) is 48.7 Å². The molecule has 23 heavy (non-hydrogen) atoms. The molecule has 13 heteroatoms. The number of alkyl halides is 12. The van der Waals surface area contributed by atoms with Gasteiger partial charge in [-0.1, -0.05) is 0 Å². The molecule has 0 aliphatic heterocycles. The third-order valence-electron chi connectivity index (χ3n) is 2.70. The van der Waals surface area contributed by atoms with E-state index in [4.69, 9.17) is 0 Å². The van der Waals surface area contributed by atoms with Crippen LogP contribution < -0.4 is 0 Å². The first-order valence-electron chi connectivity index (χ1n) is 5.70. The van der Waals surface area contributed by atoms with E-state index in [0.29, 0.717) is 0 Å². The van der Waals surface area contributed by atoms with Crippen LogP contribution in [-0.2, 0) is 4.74 Å². The second-order valence-electron chi connectivity index (χ2n) is 4.59. The largest absolute Gasteiger partial charge is 0.456 e. The summed E-state index contributed by atoms with van der Waals surface area (Å²) in [6.45, 7) is 0.415. The van der Waals surface area contributed by atoms with Gasteiger partial charge in [-0.15, -0.1) is 0 Å². The van der Waals surface area contributed by atoms with Crippen molar-refractivity contribution in [3.05, 3.63) is 0 Å². The average molecular weight is 374 g/mol. The molecule has 140 valence electrons. The summed E-state index contributed by atoms with van der Waals surface area (Å²) in [7, 11) is 0. The lowest BCUT2D eigenvalue weighted by Gasteiger charge is -2.32. The van der Waals surface area contributed by atoms with Crippen molar-refractivity contribution in [2.24, 2.45) is 0 Å². The van der Waals surface area contributed by atoms with Gasteiger partial charge in [-0.2, -0.15) is 43.9 Å². The molecular weight excluding hydrogens is 364 g/mol. The molecular formula is C10H10F12O. The van der Waals surface area contributed by atoms with E-state index in [1.54, 1.807) is 0 Å². The molecule has 0 rings (SSSR count). The molecule has 0 amide bonds. The molecule has 0 fully saturated rings. The predicted molar refractivity (Wildman–Crippen MR) is 51.8 cm³/mol. The van der Waals surface area contributed by atoms with Crippen LogP contribution in [0.4, 0.5) is 52.7 Å². The van der Waals surface area contributed by atoms with Crippen LogP contribution in [0.15, 0.2) is 0 Å². The second-order valence-corrected chi connectivity index (χ2v) is 4.59. The maximum atomic E-state index is 13.1. The van der Waals surface area contributed by atoms with Crippen LogP contribution in [0.25, 0.3) is 0 Å². The highest BCUT2D eigenvalue weighted by atomic mass is 19.4. The van der Waals surface area contributed by atoms with Crippen molar-refractivity contribution in [1.29, 1.82) is 0 Å². The van der Waals surface area contributed by atoms with Gasteiger partial charge in [0.05, 0.1) is 12.2 Å². The molecule has 0 aliphatic rings. The van der Waals surface area contributed by atoms with Crippen LogP contribution in [0.5, 0.6) is 0 Å². The minimum absolute atomic E-state index is 0.208. The Morgan fingerprint density at radius 2 is 0.783 bits per heavy atom. The first-order chi connectivity index (χ1) is 9.87. The Balaban J connectivity index is 5.08. The Hall–Kier alpha value is -0.880. The van der Waals surface area contributed by atoms with Gasteiger partial charge in [0.15, 0.2) is 12.3 Å². The monoisotopic (exact) mass is 374 g/mol. The highest BCUT2D eigenvalue weighted by Gasteiger charge is 2.67. The second kappa shape index (κ2) is 6.55. The number of hydrogen-bond donors (Lipinski definition) is 0. The molecule has 0 radical (unpaired) electrons. The van der Waals surface area contributed by atoms with E-state index in [1.165, 1.54) is 0 Å². The van der Waals surface area contributed by atoms with Crippen molar-refractivity contribution in [2.75, 3.05) is 0 Å². The summed E-state index contributed by atoms with van der Waals surface area (Å²) in [5.41, 5.74) is 0. The van der Waals surface area contributed by atoms with Crippen molar-refractivity contribution in [3.63, 3.8) is 0 Å². The molecule has 0 aliphatic carbocycles. The Kier molecular flexibility index (Phi) is 6.30. The van der Waals surface area contributed by atoms with Crippen LogP contribution in [0.1, 0.15) is 13.8 Å². The average Bonchev–Trinajstić information content (AvgIpc) is 2.33. The van der Waals surface area contributed by atoms with Gasteiger partial charge in [0.1, 0.15) is 0 Å². The zero-order valence-corrected chi connectivity index (χ0v) is 11.3. The van der Waals surface area contributed by atoms with Crippen molar-refractivity contribution >= 4 is 0 Å². The Morgan fingerprint density at radius 3 is 0.957 bits per heavy atom. The minimum Gasteiger partial charge on any atom is -0.369 e. The number of ether oxygens (including phenoxy) is 1. The van der Waals surface area contributed by atoms with E-state index in [0.717, 1.165) is 0 Å². The molecule has 4 atom stereocenters. The van der Waals surface area contributed by atoms with Crippen molar-refractivity contribution in [3.8, 4) is 0 Å². The predicted octanol–water partition coefficient (Wildman–Crippen LogP) is 4.85. The number of halogens is 12. The molecule has 0 aromatic heterocycles. The fourth-order valence-electron chi connectivity index (χ4n) is 1.38. The maximum absolute atomic E-state index is 13.1. The Morgan fingerprint density at radius 1 is 0.565 bits per heavy atom. The van der Waals surface area contributed by atoms with E-state index in [2.05, 4.69) is 4.74 Å². The lowest BCUT2D eigenvalue weighted by Crippen LogP contribution is -2.53. The number of hydrogen-bond acceptors (Lipinski definition) is 1. The molecule has 0 N–H and O–H groups in total. The highest BCUT2D eigenvalue weighted by molar-refractivity contribution is 4.91. The minimum atomic E-state index is -6.36. The van der Waals surface area contributed by atoms with E-state index in [9.17, 15) is 52.7 Å². The molecule has 0 aromatic carbocycles. The topological polar surface area (TPSA) is 9.23 Å². The summed E-state index contributed by atoms with van der Waals surface area (Å²) in [6.07, 6.45) is -26.6. The molecule has 4 unspecified atom stereocenters. The van der Waals surface area contributed by atoms with Gasteiger partial charge in [-0.05, 0) is 13.8 Å². The molecule has 0 spiro atoms. The number of rotatable bonds is 6. The van der Waals surface area contributed by atoms with E-state index in [-0.39, 0.29) is 13.8 Å². The van der Waals surface area contributed by atoms with Gasteiger partial charge in [0.2, 0.25) is 0 Å². The van der Waals surface area contributed by atoms with Gasteiger partial charge in [0.25, 0.3) is 0 Å². The first kappa shape index (κ1) is 22.1. The van der Waals surface area contributed by atoms with E-state index in [1.807, 2.05) is 0 Å². The fraction of sp³-hybridized carbons (Fsp3) is 1.00.